The number of nitrogens with one attached hydrogen (secondary N) is 1. The van der Waals surface area contributed by atoms with Gasteiger partial charge in [0.25, 0.3) is 0 Å². The van der Waals surface area contributed by atoms with Crippen molar-refractivity contribution in [2.24, 2.45) is 11.7 Å². The van der Waals surface area contributed by atoms with Crippen molar-refractivity contribution in [3.05, 3.63) is 0 Å². The lowest BCUT2D eigenvalue weighted by molar-refractivity contribution is 0.221. The lowest BCUT2D eigenvalue weighted by atomic mass is 10.1. The zero-order valence-corrected chi connectivity index (χ0v) is 9.30. The Morgan fingerprint density at radius 2 is 1.92 bits per heavy atom. The van der Waals surface area contributed by atoms with E-state index < -0.39 is 0 Å². The van der Waals surface area contributed by atoms with E-state index in [2.05, 4.69) is 32.6 Å². The Morgan fingerprint density at radius 3 is 2.15 bits per heavy atom. The van der Waals surface area contributed by atoms with Crippen LogP contribution in [0.1, 0.15) is 34.1 Å². The molecule has 0 bridgehead atoms. The summed E-state index contributed by atoms with van der Waals surface area (Å²) in [6, 6.07) is 0.132. The second kappa shape index (κ2) is 5.97. The number of hydrogen-bond acceptors (Lipinski definition) is 2. The Hall–Kier alpha value is -0.570. The molecule has 0 aliphatic heterocycles. The number of rotatable bonds is 6. The van der Waals surface area contributed by atoms with E-state index in [4.69, 9.17) is 11.1 Å². The summed E-state index contributed by atoms with van der Waals surface area (Å²) in [6.07, 6.45) is 0.926. The first kappa shape index (κ1) is 12.4. The van der Waals surface area contributed by atoms with Gasteiger partial charge in [0, 0.05) is 6.54 Å². The van der Waals surface area contributed by atoms with E-state index in [1.54, 1.807) is 0 Å². The molecule has 1 unspecified atom stereocenters. The molecule has 0 heterocycles. The molecule has 3 nitrogen and oxygen atoms in total. The minimum Gasteiger partial charge on any atom is -0.386 e. The molecule has 13 heavy (non-hydrogen) atoms. The average molecular weight is 185 g/mol. The molecule has 0 aliphatic rings. The average Bonchev–Trinajstić information content (AvgIpc) is 2.02. The van der Waals surface area contributed by atoms with Crippen LogP contribution in [0.25, 0.3) is 0 Å². The van der Waals surface area contributed by atoms with Gasteiger partial charge in [-0.15, -0.1) is 0 Å². The Labute approximate surface area is 81.8 Å². The molecule has 3 heteroatoms. The zero-order valence-electron chi connectivity index (χ0n) is 9.30. The predicted molar refractivity (Wildman–Crippen MR) is 58.1 cm³/mol. The molecular weight excluding hydrogens is 162 g/mol. The zero-order chi connectivity index (χ0) is 10.4. The summed E-state index contributed by atoms with van der Waals surface area (Å²) in [6.45, 7) is 10.6. The number of likely N-dealkylation sites (N-methyl/N-ethyl adjacent to an activating group) is 1. The van der Waals surface area contributed by atoms with Gasteiger partial charge in [-0.1, -0.05) is 27.7 Å². The van der Waals surface area contributed by atoms with Crippen LogP contribution in [-0.2, 0) is 0 Å². The summed E-state index contributed by atoms with van der Waals surface area (Å²) in [7, 11) is 0. The molecule has 0 saturated heterocycles. The number of hydrogen-bond donors (Lipinski definition) is 2. The maximum atomic E-state index is 7.47. The van der Waals surface area contributed by atoms with Gasteiger partial charge in [0.05, 0.1) is 6.04 Å². The lowest BCUT2D eigenvalue weighted by Gasteiger charge is -2.30. The lowest BCUT2D eigenvalue weighted by Crippen LogP contribution is -2.45. The maximum absolute atomic E-state index is 7.47. The number of nitrogens with two attached hydrogens (primary N) is 1. The van der Waals surface area contributed by atoms with E-state index in [0.29, 0.717) is 11.8 Å². The van der Waals surface area contributed by atoms with Gasteiger partial charge < -0.3 is 5.73 Å². The van der Waals surface area contributed by atoms with Gasteiger partial charge in [-0.3, -0.25) is 10.3 Å². The van der Waals surface area contributed by atoms with E-state index in [1.165, 1.54) is 0 Å². The van der Waals surface area contributed by atoms with Crippen molar-refractivity contribution in [1.82, 2.24) is 4.90 Å². The number of amidine groups is 1. The van der Waals surface area contributed by atoms with Gasteiger partial charge in [0.15, 0.2) is 0 Å². The molecule has 0 rings (SSSR count). The van der Waals surface area contributed by atoms with Crippen molar-refractivity contribution >= 4 is 5.84 Å². The Kier molecular flexibility index (Phi) is 5.71. The van der Waals surface area contributed by atoms with Crippen molar-refractivity contribution in [1.29, 1.82) is 5.41 Å². The normalized spacial score (nSPS) is 13.7. The quantitative estimate of drug-likeness (QED) is 0.488. The van der Waals surface area contributed by atoms with E-state index in [1.807, 2.05) is 0 Å². The van der Waals surface area contributed by atoms with Gasteiger partial charge in [0.1, 0.15) is 5.84 Å². The highest BCUT2D eigenvalue weighted by Crippen LogP contribution is 2.07. The molecule has 0 saturated carbocycles. The Morgan fingerprint density at radius 1 is 1.38 bits per heavy atom. The predicted octanol–water partition coefficient (Wildman–Crippen LogP) is 1.68. The fourth-order valence-corrected chi connectivity index (χ4v) is 1.62. The fraction of sp³-hybridized carbons (Fsp3) is 0.900. The second-order valence-electron chi connectivity index (χ2n) is 3.86. The maximum Gasteiger partial charge on any atom is 0.108 e. The minimum atomic E-state index is 0.132. The van der Waals surface area contributed by atoms with Gasteiger partial charge in [-0.2, -0.15) is 0 Å². The molecule has 0 amide bonds. The van der Waals surface area contributed by atoms with E-state index in [9.17, 15) is 0 Å². The van der Waals surface area contributed by atoms with Crippen molar-refractivity contribution in [2.45, 2.75) is 40.2 Å². The summed E-state index contributed by atoms with van der Waals surface area (Å²) in [5, 5.41) is 7.47. The molecular formula is C10H23N3. The van der Waals surface area contributed by atoms with Crippen molar-refractivity contribution in [2.75, 3.05) is 13.1 Å². The summed E-state index contributed by atoms with van der Waals surface area (Å²) in [5.74, 6) is 0.929. The van der Waals surface area contributed by atoms with Crippen LogP contribution < -0.4 is 5.73 Å². The Bertz CT molecular complexity index is 154. The van der Waals surface area contributed by atoms with Gasteiger partial charge in [-0.05, 0) is 18.9 Å². The summed E-state index contributed by atoms with van der Waals surface area (Å²) in [4.78, 5) is 2.27. The molecule has 3 N–H and O–H groups in total. The third kappa shape index (κ3) is 4.27. The van der Waals surface area contributed by atoms with Crippen molar-refractivity contribution in [3.8, 4) is 0 Å². The topological polar surface area (TPSA) is 53.1 Å². The van der Waals surface area contributed by atoms with Crippen LogP contribution in [0.5, 0.6) is 0 Å². The molecule has 0 aromatic heterocycles. The highest BCUT2D eigenvalue weighted by atomic mass is 15.2. The van der Waals surface area contributed by atoms with Gasteiger partial charge >= 0.3 is 0 Å². The number of nitrogens with zero attached hydrogens (tertiary/aromatic N) is 1. The van der Waals surface area contributed by atoms with Crippen LogP contribution in [-0.4, -0.2) is 29.9 Å². The van der Waals surface area contributed by atoms with E-state index in [-0.39, 0.29) is 6.04 Å². The molecule has 0 radical (unpaired) electrons. The summed E-state index contributed by atoms with van der Waals surface area (Å²) in [5.41, 5.74) is 5.54. The second-order valence-corrected chi connectivity index (χ2v) is 3.86. The molecule has 0 fully saturated rings. The highest BCUT2D eigenvalue weighted by Gasteiger charge is 2.18. The van der Waals surface area contributed by atoms with Crippen LogP contribution in [0.15, 0.2) is 0 Å². The largest absolute Gasteiger partial charge is 0.386 e. The Balaban J connectivity index is 4.25. The van der Waals surface area contributed by atoms with Crippen LogP contribution in [0.3, 0.4) is 0 Å². The molecule has 0 spiro atoms. The summed E-state index contributed by atoms with van der Waals surface area (Å²) < 4.78 is 0. The van der Waals surface area contributed by atoms with Crippen LogP contribution >= 0.6 is 0 Å². The fourth-order valence-electron chi connectivity index (χ4n) is 1.62. The summed E-state index contributed by atoms with van der Waals surface area (Å²) >= 11 is 0. The molecule has 1 atom stereocenters. The van der Waals surface area contributed by atoms with Crippen LogP contribution in [0.2, 0.25) is 0 Å². The van der Waals surface area contributed by atoms with E-state index in [0.717, 1.165) is 19.5 Å². The highest BCUT2D eigenvalue weighted by molar-refractivity contribution is 5.82. The van der Waals surface area contributed by atoms with Crippen molar-refractivity contribution < 1.29 is 0 Å². The third-order valence-electron chi connectivity index (χ3n) is 2.19. The molecule has 0 aliphatic carbocycles. The molecule has 0 aromatic carbocycles. The van der Waals surface area contributed by atoms with Crippen LogP contribution in [0, 0.1) is 11.3 Å². The molecule has 0 aromatic rings. The minimum absolute atomic E-state index is 0.132. The monoisotopic (exact) mass is 185 g/mol. The van der Waals surface area contributed by atoms with Crippen molar-refractivity contribution in [3.63, 3.8) is 0 Å². The van der Waals surface area contributed by atoms with E-state index >= 15 is 0 Å². The first-order valence-corrected chi connectivity index (χ1v) is 5.10. The smallest absolute Gasteiger partial charge is 0.108 e. The van der Waals surface area contributed by atoms with Crippen LogP contribution in [0.4, 0.5) is 0 Å². The third-order valence-corrected chi connectivity index (χ3v) is 2.19. The molecule has 78 valence electrons. The van der Waals surface area contributed by atoms with Gasteiger partial charge in [0.2, 0.25) is 0 Å². The standard InChI is InChI=1S/C10H23N3/c1-5-9(10(11)12)13(6-2)7-8(3)4/h8-9H,5-7H2,1-4H3,(H3,11,12). The first-order valence-electron chi connectivity index (χ1n) is 5.10. The van der Waals surface area contributed by atoms with Gasteiger partial charge in [-0.25, -0.2) is 0 Å². The first-order chi connectivity index (χ1) is 6.02. The SMILES string of the molecule is CCC(C(=N)N)N(CC)CC(C)C.